The molecule has 1 aliphatic rings. The van der Waals surface area contributed by atoms with Gasteiger partial charge in [-0.05, 0) is 50.5 Å². The number of hydrogen-bond donors (Lipinski definition) is 1. The molecule has 0 saturated heterocycles. The zero-order chi connectivity index (χ0) is 20.5. The highest BCUT2D eigenvalue weighted by Crippen LogP contribution is 2.37. The van der Waals surface area contributed by atoms with E-state index in [0.717, 1.165) is 10.4 Å². The van der Waals surface area contributed by atoms with Gasteiger partial charge in [0.15, 0.2) is 5.06 Å². The van der Waals surface area contributed by atoms with Crippen molar-refractivity contribution >= 4 is 35.1 Å². The van der Waals surface area contributed by atoms with E-state index in [1.165, 1.54) is 11.3 Å². The molecular formula is C20H22ClNO5S. The number of nitrogens with zero attached hydrogens (tertiary/aromatic N) is 1. The van der Waals surface area contributed by atoms with Crippen molar-refractivity contribution in [3.05, 3.63) is 51.4 Å². The molecule has 0 radical (unpaired) electrons. The lowest BCUT2D eigenvalue weighted by atomic mass is 10.0. The number of hydrogen-bond acceptors (Lipinski definition) is 6. The summed E-state index contributed by atoms with van der Waals surface area (Å²) >= 11 is 7.62. The van der Waals surface area contributed by atoms with E-state index in [-0.39, 0.29) is 0 Å². The van der Waals surface area contributed by atoms with Crippen molar-refractivity contribution in [1.29, 1.82) is 0 Å². The van der Waals surface area contributed by atoms with Crippen LogP contribution in [-0.2, 0) is 22.5 Å². The summed E-state index contributed by atoms with van der Waals surface area (Å²) in [6, 6.07) is 7.93. The number of ether oxygens (including phenoxy) is 2. The van der Waals surface area contributed by atoms with E-state index in [1.807, 2.05) is 4.90 Å². The average molecular weight is 424 g/mol. The van der Waals surface area contributed by atoms with Crippen LogP contribution in [-0.4, -0.2) is 34.3 Å². The molecule has 1 aromatic heterocycles. The van der Waals surface area contributed by atoms with Gasteiger partial charge < -0.3 is 14.6 Å². The molecule has 1 aromatic carbocycles. The number of fused-ring (bicyclic) bond motifs is 1. The quantitative estimate of drug-likeness (QED) is 0.705. The predicted molar refractivity (Wildman–Crippen MR) is 107 cm³/mol. The second kappa shape index (κ2) is 8.11. The van der Waals surface area contributed by atoms with E-state index in [4.69, 9.17) is 21.1 Å². The Balaban J connectivity index is 1.77. The standard InChI is InChI=1S/C20H22ClNO5S/c1-20(2,3)27-19(25)26-16-10-12-11-22(9-8-15(12)28-16)17(18(23)24)13-6-4-5-7-14(13)21/h4-7,10,17H,8-9,11H2,1-3H3,(H,23,24). The molecule has 0 spiro atoms. The number of carboxylic acids is 1. The molecule has 1 aliphatic heterocycles. The Bertz CT molecular complexity index is 889. The van der Waals surface area contributed by atoms with Crippen LogP contribution in [0.2, 0.25) is 5.02 Å². The summed E-state index contributed by atoms with van der Waals surface area (Å²) in [6.45, 7) is 6.32. The molecule has 0 bridgehead atoms. The fourth-order valence-electron chi connectivity index (χ4n) is 3.13. The minimum atomic E-state index is -0.947. The van der Waals surface area contributed by atoms with Gasteiger partial charge in [-0.2, -0.15) is 0 Å². The van der Waals surface area contributed by atoms with Crippen molar-refractivity contribution in [1.82, 2.24) is 4.90 Å². The van der Waals surface area contributed by atoms with Crippen molar-refractivity contribution < 1.29 is 24.2 Å². The van der Waals surface area contributed by atoms with E-state index in [2.05, 4.69) is 0 Å². The lowest BCUT2D eigenvalue weighted by Gasteiger charge is -2.32. The third-order valence-electron chi connectivity index (χ3n) is 4.25. The largest absolute Gasteiger partial charge is 0.515 e. The summed E-state index contributed by atoms with van der Waals surface area (Å²) in [5, 5.41) is 10.7. The molecule has 28 heavy (non-hydrogen) atoms. The molecule has 0 saturated carbocycles. The molecule has 0 fully saturated rings. The fourth-order valence-corrected chi connectivity index (χ4v) is 4.37. The maximum atomic E-state index is 12.0. The van der Waals surface area contributed by atoms with Crippen molar-refractivity contribution in [2.45, 2.75) is 45.4 Å². The highest BCUT2D eigenvalue weighted by Gasteiger charge is 2.32. The molecule has 0 aliphatic carbocycles. The number of thiophene rings is 1. The summed E-state index contributed by atoms with van der Waals surface area (Å²) in [4.78, 5) is 26.8. The van der Waals surface area contributed by atoms with Crippen molar-refractivity contribution in [3.63, 3.8) is 0 Å². The highest BCUT2D eigenvalue weighted by atomic mass is 35.5. The zero-order valence-corrected chi connectivity index (χ0v) is 17.5. The number of carboxylic acid groups (broad SMARTS) is 1. The number of carbonyl (C=O) groups is 2. The number of halogens is 1. The molecule has 8 heteroatoms. The Kier molecular flexibility index (Phi) is 5.98. The molecule has 1 unspecified atom stereocenters. The first-order valence-corrected chi connectivity index (χ1v) is 10.1. The number of aliphatic carboxylic acids is 1. The summed E-state index contributed by atoms with van der Waals surface area (Å²) < 4.78 is 10.5. The van der Waals surface area contributed by atoms with E-state index in [0.29, 0.717) is 35.2 Å². The van der Waals surface area contributed by atoms with E-state index >= 15 is 0 Å². The smallest absolute Gasteiger partial charge is 0.480 e. The lowest BCUT2D eigenvalue weighted by Crippen LogP contribution is -2.37. The van der Waals surface area contributed by atoms with Crippen molar-refractivity contribution in [2.75, 3.05) is 6.54 Å². The van der Waals surface area contributed by atoms with Gasteiger partial charge in [0.2, 0.25) is 0 Å². The third kappa shape index (κ3) is 4.84. The normalized spacial score (nSPS) is 15.6. The highest BCUT2D eigenvalue weighted by molar-refractivity contribution is 7.14. The Hall–Kier alpha value is -2.09. The minimum Gasteiger partial charge on any atom is -0.480 e. The third-order valence-corrected chi connectivity index (χ3v) is 5.71. The van der Waals surface area contributed by atoms with Crippen LogP contribution in [0.4, 0.5) is 4.79 Å². The molecule has 6 nitrogen and oxygen atoms in total. The lowest BCUT2D eigenvalue weighted by molar-refractivity contribution is -0.144. The van der Waals surface area contributed by atoms with Crippen LogP contribution < -0.4 is 4.74 Å². The predicted octanol–water partition coefficient (Wildman–Crippen LogP) is 4.90. The second-order valence-electron chi connectivity index (χ2n) is 7.56. The Morgan fingerprint density at radius 1 is 1.29 bits per heavy atom. The van der Waals surface area contributed by atoms with Gasteiger partial charge in [0.1, 0.15) is 11.6 Å². The van der Waals surface area contributed by atoms with Crippen LogP contribution in [0, 0.1) is 0 Å². The maximum absolute atomic E-state index is 12.0. The summed E-state index contributed by atoms with van der Waals surface area (Å²) in [5.74, 6) is -0.947. The van der Waals surface area contributed by atoms with Gasteiger partial charge >= 0.3 is 12.1 Å². The molecule has 2 heterocycles. The van der Waals surface area contributed by atoms with Crippen LogP contribution in [0.5, 0.6) is 5.06 Å². The van der Waals surface area contributed by atoms with Crippen LogP contribution in [0.3, 0.4) is 0 Å². The van der Waals surface area contributed by atoms with Gasteiger partial charge in [-0.25, -0.2) is 4.79 Å². The first-order chi connectivity index (χ1) is 13.1. The van der Waals surface area contributed by atoms with Crippen molar-refractivity contribution in [3.8, 4) is 5.06 Å². The van der Waals surface area contributed by atoms with Crippen LogP contribution in [0.25, 0.3) is 0 Å². The number of benzene rings is 1. The molecule has 1 N–H and O–H groups in total. The van der Waals surface area contributed by atoms with Crippen molar-refractivity contribution in [2.24, 2.45) is 0 Å². The molecule has 1 atom stereocenters. The van der Waals surface area contributed by atoms with E-state index < -0.39 is 23.8 Å². The van der Waals surface area contributed by atoms with E-state index in [1.54, 1.807) is 51.1 Å². The van der Waals surface area contributed by atoms with E-state index in [9.17, 15) is 14.7 Å². The van der Waals surface area contributed by atoms with Crippen LogP contribution in [0.15, 0.2) is 30.3 Å². The Labute approximate surface area is 172 Å². The Morgan fingerprint density at radius 2 is 2.00 bits per heavy atom. The zero-order valence-electron chi connectivity index (χ0n) is 15.9. The Morgan fingerprint density at radius 3 is 2.64 bits per heavy atom. The first-order valence-electron chi connectivity index (χ1n) is 8.88. The average Bonchev–Trinajstić information content (AvgIpc) is 2.96. The molecule has 150 valence electrons. The minimum absolute atomic E-state index is 0.431. The van der Waals surface area contributed by atoms with Crippen LogP contribution in [0.1, 0.15) is 42.8 Å². The maximum Gasteiger partial charge on any atom is 0.515 e. The first kappa shape index (κ1) is 20.6. The summed E-state index contributed by atoms with van der Waals surface area (Å²) in [7, 11) is 0. The SMILES string of the molecule is CC(C)(C)OC(=O)Oc1cc2c(s1)CCN(C(C(=O)O)c1ccccc1Cl)C2. The number of rotatable bonds is 4. The van der Waals surface area contributed by atoms with Gasteiger partial charge in [-0.15, -0.1) is 11.3 Å². The van der Waals surface area contributed by atoms with Gasteiger partial charge in [0, 0.05) is 23.0 Å². The van der Waals surface area contributed by atoms with Gasteiger partial charge in [0.05, 0.1) is 0 Å². The molecule has 0 amide bonds. The van der Waals surface area contributed by atoms with Gasteiger partial charge in [-0.1, -0.05) is 29.8 Å². The molecular weight excluding hydrogens is 402 g/mol. The summed E-state index contributed by atoms with van der Waals surface area (Å²) in [6.07, 6.45) is -0.0752. The topological polar surface area (TPSA) is 76.1 Å². The molecule has 3 rings (SSSR count). The fraction of sp³-hybridized carbons (Fsp3) is 0.400. The molecule has 2 aromatic rings. The second-order valence-corrected chi connectivity index (χ2v) is 9.07. The number of carbonyl (C=O) groups excluding carboxylic acids is 1. The monoisotopic (exact) mass is 423 g/mol. The summed E-state index contributed by atoms with van der Waals surface area (Å²) in [5.41, 5.74) is 0.891. The van der Waals surface area contributed by atoms with Crippen LogP contribution >= 0.6 is 22.9 Å². The van der Waals surface area contributed by atoms with Gasteiger partial charge in [0.25, 0.3) is 0 Å². The van der Waals surface area contributed by atoms with Gasteiger partial charge in [-0.3, -0.25) is 9.69 Å².